The van der Waals surface area contributed by atoms with Crippen LogP contribution in [0.5, 0.6) is 0 Å². The maximum atomic E-state index is 13.9. The minimum Gasteiger partial charge on any atom is -0.353 e. The molecule has 2 fully saturated rings. The van der Waals surface area contributed by atoms with Gasteiger partial charge in [-0.25, -0.2) is 8.42 Å². The highest BCUT2D eigenvalue weighted by Crippen LogP contribution is 2.32. The first-order valence-electron chi connectivity index (χ1n) is 12.6. The van der Waals surface area contributed by atoms with Crippen LogP contribution >= 0.6 is 0 Å². The molecule has 0 aliphatic heterocycles. The van der Waals surface area contributed by atoms with Crippen LogP contribution in [-0.2, 0) is 33.8 Å². The summed E-state index contributed by atoms with van der Waals surface area (Å²) >= 11 is 0. The van der Waals surface area contributed by atoms with Crippen molar-refractivity contribution in [1.82, 2.24) is 13.8 Å². The van der Waals surface area contributed by atoms with E-state index in [0.29, 0.717) is 6.54 Å². The van der Waals surface area contributed by atoms with Gasteiger partial charge in [-0.15, -0.1) is 0 Å². The lowest BCUT2D eigenvalue weighted by Gasteiger charge is -2.34. The largest absolute Gasteiger partial charge is 0.353 e. The van der Waals surface area contributed by atoms with E-state index in [1.54, 1.807) is 12.1 Å². The lowest BCUT2D eigenvalue weighted by molar-refractivity contribution is -0.133. The Morgan fingerprint density at radius 1 is 0.971 bits per heavy atom. The second-order valence-corrected chi connectivity index (χ2v) is 12.9. The minimum atomic E-state index is -3.79. The molecule has 0 unspecified atom stereocenters. The standard InChI is InChI=1S/C27H39N3O3S/c1-27(2,3)21-12-16-25(17-13-21)34(32,33)30(23-9-6-5-7-10-23)20-26(31)29(22-14-15-22)19-24-11-8-18-28(24)4/h8,11-13,16-18,22-23H,5-7,9-10,14-15,19-20H2,1-4H3. The molecule has 1 aromatic heterocycles. The Hall–Kier alpha value is -2.12. The SMILES string of the molecule is Cn1cccc1CN(C(=O)CN(C1CCCCC1)S(=O)(=O)c1ccc(C(C)(C)C)cc1)C1CC1. The number of sulfonamides is 1. The van der Waals surface area contributed by atoms with E-state index in [1.807, 2.05) is 47.0 Å². The van der Waals surface area contributed by atoms with E-state index >= 15 is 0 Å². The predicted octanol–water partition coefficient (Wildman–Crippen LogP) is 4.84. The maximum Gasteiger partial charge on any atom is 0.243 e. The molecule has 0 N–H and O–H groups in total. The van der Waals surface area contributed by atoms with E-state index in [2.05, 4.69) is 20.8 Å². The molecule has 2 aromatic rings. The average Bonchev–Trinajstić information content (AvgIpc) is 3.57. The summed E-state index contributed by atoms with van der Waals surface area (Å²) in [5.41, 5.74) is 2.10. The summed E-state index contributed by atoms with van der Waals surface area (Å²) < 4.78 is 31.3. The Labute approximate surface area is 205 Å². The molecule has 0 atom stereocenters. The Morgan fingerprint density at radius 2 is 1.62 bits per heavy atom. The summed E-state index contributed by atoms with van der Waals surface area (Å²) in [5, 5.41) is 0. The maximum absolute atomic E-state index is 13.9. The first-order chi connectivity index (χ1) is 16.1. The highest BCUT2D eigenvalue weighted by molar-refractivity contribution is 7.89. The van der Waals surface area contributed by atoms with Crippen LogP contribution in [0.2, 0.25) is 0 Å². The summed E-state index contributed by atoms with van der Waals surface area (Å²) in [4.78, 5) is 15.8. The molecule has 34 heavy (non-hydrogen) atoms. The van der Waals surface area contributed by atoms with Gasteiger partial charge >= 0.3 is 0 Å². The van der Waals surface area contributed by atoms with Crippen LogP contribution in [0, 0.1) is 0 Å². The first kappa shape index (κ1) is 25.0. The molecule has 6 nitrogen and oxygen atoms in total. The number of rotatable bonds is 8. The van der Waals surface area contributed by atoms with Gasteiger partial charge in [-0.2, -0.15) is 4.31 Å². The van der Waals surface area contributed by atoms with Crippen molar-refractivity contribution in [2.45, 2.75) is 94.7 Å². The average molecular weight is 486 g/mol. The van der Waals surface area contributed by atoms with Crippen molar-refractivity contribution in [3.63, 3.8) is 0 Å². The number of amides is 1. The Kier molecular flexibility index (Phi) is 7.25. The van der Waals surface area contributed by atoms with Crippen molar-refractivity contribution in [1.29, 1.82) is 0 Å². The first-order valence-corrected chi connectivity index (χ1v) is 14.0. The lowest BCUT2D eigenvalue weighted by atomic mass is 9.87. The van der Waals surface area contributed by atoms with Gasteiger partial charge in [0.05, 0.1) is 18.0 Å². The van der Waals surface area contributed by atoms with E-state index < -0.39 is 10.0 Å². The van der Waals surface area contributed by atoms with Crippen molar-refractivity contribution in [2.75, 3.05) is 6.54 Å². The summed E-state index contributed by atoms with van der Waals surface area (Å²) in [7, 11) is -1.81. The highest BCUT2D eigenvalue weighted by atomic mass is 32.2. The van der Waals surface area contributed by atoms with Crippen LogP contribution in [-0.4, -0.2) is 46.7 Å². The number of hydrogen-bond donors (Lipinski definition) is 0. The molecule has 2 saturated carbocycles. The van der Waals surface area contributed by atoms with Gasteiger partial charge < -0.3 is 9.47 Å². The molecule has 186 valence electrons. The molecule has 2 aliphatic rings. The van der Waals surface area contributed by atoms with Gasteiger partial charge in [0.25, 0.3) is 0 Å². The summed E-state index contributed by atoms with van der Waals surface area (Å²) in [6.07, 6.45) is 8.71. The second kappa shape index (κ2) is 9.86. The fourth-order valence-electron chi connectivity index (χ4n) is 4.91. The fraction of sp³-hybridized carbons (Fsp3) is 0.593. The zero-order valence-corrected chi connectivity index (χ0v) is 21.9. The number of nitrogens with zero attached hydrogens (tertiary/aromatic N) is 3. The lowest BCUT2D eigenvalue weighted by Crippen LogP contribution is -2.48. The Morgan fingerprint density at radius 3 is 2.15 bits per heavy atom. The molecule has 1 aromatic carbocycles. The zero-order valence-electron chi connectivity index (χ0n) is 21.0. The molecule has 1 amide bonds. The number of carbonyl (C=O) groups excluding carboxylic acids is 1. The van der Waals surface area contributed by atoms with E-state index in [-0.39, 0.29) is 34.8 Å². The molecule has 7 heteroatoms. The normalized spacial score (nSPS) is 17.8. The molecule has 0 spiro atoms. The smallest absolute Gasteiger partial charge is 0.243 e. The van der Waals surface area contributed by atoms with E-state index in [4.69, 9.17) is 0 Å². The molecular weight excluding hydrogens is 446 g/mol. The molecule has 2 aliphatic carbocycles. The van der Waals surface area contributed by atoms with Crippen LogP contribution in [0.3, 0.4) is 0 Å². The summed E-state index contributed by atoms with van der Waals surface area (Å²) in [6.45, 7) is 6.77. The molecule has 1 heterocycles. The molecule has 0 bridgehead atoms. The van der Waals surface area contributed by atoms with Crippen LogP contribution in [0.25, 0.3) is 0 Å². The monoisotopic (exact) mass is 485 g/mol. The van der Waals surface area contributed by atoms with Crippen LogP contribution in [0.15, 0.2) is 47.5 Å². The number of carbonyl (C=O) groups is 1. The van der Waals surface area contributed by atoms with Crippen molar-refractivity contribution < 1.29 is 13.2 Å². The van der Waals surface area contributed by atoms with E-state index in [9.17, 15) is 13.2 Å². The van der Waals surface area contributed by atoms with Crippen LogP contribution in [0.1, 0.15) is 77.0 Å². The Balaban J connectivity index is 1.60. The van der Waals surface area contributed by atoms with E-state index in [1.165, 1.54) is 4.31 Å². The number of hydrogen-bond acceptors (Lipinski definition) is 3. The third kappa shape index (κ3) is 5.57. The van der Waals surface area contributed by atoms with Gasteiger partial charge in [-0.1, -0.05) is 52.2 Å². The van der Waals surface area contributed by atoms with Gasteiger partial charge in [0.15, 0.2) is 0 Å². The molecule has 0 saturated heterocycles. The third-order valence-corrected chi connectivity index (χ3v) is 9.20. The molecule has 0 radical (unpaired) electrons. The van der Waals surface area contributed by atoms with Gasteiger partial charge in [-0.05, 0) is 60.9 Å². The fourth-order valence-corrected chi connectivity index (χ4v) is 6.54. The van der Waals surface area contributed by atoms with Gasteiger partial charge in [-0.3, -0.25) is 4.79 Å². The number of aromatic nitrogens is 1. The molecule has 4 rings (SSSR count). The third-order valence-electron chi connectivity index (χ3n) is 7.29. The van der Waals surface area contributed by atoms with E-state index in [0.717, 1.165) is 56.2 Å². The summed E-state index contributed by atoms with van der Waals surface area (Å²) in [5.74, 6) is -0.0934. The second-order valence-electron chi connectivity index (χ2n) is 11.0. The van der Waals surface area contributed by atoms with Crippen molar-refractivity contribution >= 4 is 15.9 Å². The van der Waals surface area contributed by atoms with Crippen molar-refractivity contribution in [3.8, 4) is 0 Å². The van der Waals surface area contributed by atoms with Gasteiger partial charge in [0.1, 0.15) is 0 Å². The number of benzene rings is 1. The van der Waals surface area contributed by atoms with Crippen molar-refractivity contribution in [2.24, 2.45) is 7.05 Å². The zero-order chi connectivity index (χ0) is 24.5. The van der Waals surface area contributed by atoms with Gasteiger partial charge in [0.2, 0.25) is 15.9 Å². The van der Waals surface area contributed by atoms with Crippen molar-refractivity contribution in [3.05, 3.63) is 53.9 Å². The Bertz CT molecular complexity index is 1090. The summed E-state index contributed by atoms with van der Waals surface area (Å²) in [6, 6.07) is 11.3. The minimum absolute atomic E-state index is 0.0526. The predicted molar refractivity (Wildman–Crippen MR) is 135 cm³/mol. The molecular formula is C27H39N3O3S. The number of aryl methyl sites for hydroxylation is 1. The quantitative estimate of drug-likeness (QED) is 0.538. The topological polar surface area (TPSA) is 62.6 Å². The highest BCUT2D eigenvalue weighted by Gasteiger charge is 2.38. The van der Waals surface area contributed by atoms with Crippen LogP contribution < -0.4 is 0 Å². The van der Waals surface area contributed by atoms with Gasteiger partial charge in [0, 0.05) is 31.0 Å². The van der Waals surface area contributed by atoms with Crippen LogP contribution in [0.4, 0.5) is 0 Å².